The number of amides is 25. The van der Waals surface area contributed by atoms with Crippen LogP contribution in [0.4, 0.5) is 4.79 Å². The molecule has 51 nitrogen and oxygen atoms in total. The molecule has 2 heterocycles. The smallest absolute Gasteiger partial charge is 0.329 e. The van der Waals surface area contributed by atoms with Crippen LogP contribution in [-0.4, -0.2) is 355 Å². The van der Waals surface area contributed by atoms with Gasteiger partial charge >= 0.3 is 12.0 Å². The number of fused-ring (bicyclic) bond motifs is 1. The van der Waals surface area contributed by atoms with E-state index in [0.717, 1.165) is 71.2 Å². The summed E-state index contributed by atoms with van der Waals surface area (Å²) in [5.74, 6) is -31.4. The number of carbonyl (C=O) groups excluding carboxylic acids is 25. The van der Waals surface area contributed by atoms with Gasteiger partial charge in [0, 0.05) is 74.1 Å². The minimum atomic E-state index is -2.40. The summed E-state index contributed by atoms with van der Waals surface area (Å²) in [6.07, 6.45) is -7.56. The van der Waals surface area contributed by atoms with E-state index in [4.69, 9.17) is 38.1 Å². The normalized spacial score (nSPS) is 22.3. The largest absolute Gasteiger partial charge is 0.458 e. The fourth-order valence-corrected chi connectivity index (χ4v) is 16.5. The number of cyclic esters (lactones) is 1. The summed E-state index contributed by atoms with van der Waals surface area (Å²) < 4.78 is 11.0. The SMILES string of the molecule is CC[C@@H](C)[C@H]1NC(=O)[C@H](C)NC(=O)C(CC(N)=O)NC(=O)CN(C)C(=O)C(CC(N)=O)NC(=O)C(NC(=O)[C@H](CC(N)=O)NC(=O)[C@H](CC(C)C)N(C)C(=O)[C@H](C(C)C)N(C)C(=O)[C@H]([C@@H](C)CC)N(C)C(=O)[C@H](CC(N)=O)N(C)C(=O)[C@H](C(C)C)N(C)C(=O)[C@@H](Cc2ccccc2)NC(=O)COC)C(C)OC(=O)[C@@H]([C@@H](C)CC)N(C)C(=O)[C@@H](C)NC(=O)[C@H](CC(=O)NC(N)=O)NC(=O)/C(C)=C2\NC(=O)C[C@@H]2NC1=O. The Balaban J connectivity index is 2.33. The second kappa shape index (κ2) is 57.1. The number of nitrogens with zero attached hydrogens (tertiary/aromatic N) is 7. The topological polar surface area (TPSA) is 742 Å². The predicted octanol–water partition coefficient (Wildman–Crippen LogP) is -6.49. The number of esters is 1. The molecule has 0 radical (unpaired) electrons. The summed E-state index contributed by atoms with van der Waals surface area (Å²) in [7, 11) is 9.56. The van der Waals surface area contributed by atoms with Crippen molar-refractivity contribution in [3.05, 3.63) is 47.2 Å². The molecule has 1 aromatic carbocycles. The molecule has 2 aliphatic heterocycles. The Kier molecular flexibility index (Phi) is 49.1. The van der Waals surface area contributed by atoms with Crippen LogP contribution in [0.2, 0.25) is 0 Å². The highest BCUT2D eigenvalue weighted by atomic mass is 16.5. The Morgan fingerprint density at radius 1 is 0.507 bits per heavy atom. The molecule has 1 fully saturated rings. The second-order valence-electron chi connectivity index (χ2n) is 37.7. The standard InChI is InChI=1S/C93H148N24O27/c1-25-46(10)70-83(132)103-54-38-66(122)107-71(54)49(13)77(126)104-57(39-67(123)108-93(98)142)80(129)100-51(15)85(134)117(23)76(48(12)27-3)92(141)144-52(16)72(84(133)106-59(37-64(96)120)86(135)111(17)41-68(124)101-55(35-62(94)118)79(128)99-50(14)78(127)109-70)110-81(130)56(36-63(95)119)105-82(131)60(33-43(4)5)112(18)89(138)74(45(8)9)115(21)91(140)75(47(11)26-2)116(22)88(137)61(40-65(97)121)113(19)90(139)73(44(6)7)114(20)87(136)58(102-69(125)42-143-24)34-53-31-29-28-30-32-53/h28-32,43-48,50-52,54-61,70,72-76H,25-27,33-42H2,1-24H3,(H2,94,118)(H2,95,119)(H2,96,120)(H2,97,121)(H,99,128)(H,100,129)(H,101,124)(H,102,125)(H,103,132)(H,104,126)(H,105,131)(H,106,133)(H,107,122)(H,109,127)(H,110,130)(H3,98,108,123,142)/b71-49-/t46-,47+,48+,50+,51-,52?,54+,55?,56+,57+,58-,59?,60+,61+,70-,72?,73+,74+,75+,76-/m1/s1. The minimum absolute atomic E-state index is 0.0133. The van der Waals surface area contributed by atoms with Crippen molar-refractivity contribution in [2.75, 3.05) is 69.6 Å². The number of primary amides is 5. The second-order valence-corrected chi connectivity index (χ2v) is 37.7. The van der Waals surface area contributed by atoms with Gasteiger partial charge < -0.3 is 131 Å². The molecule has 0 saturated carbocycles. The van der Waals surface area contributed by atoms with Crippen LogP contribution in [0.25, 0.3) is 0 Å². The van der Waals surface area contributed by atoms with Crippen molar-refractivity contribution in [1.82, 2.24) is 98.1 Å². The fraction of sp³-hybridized carbons (Fsp3) is 0.645. The van der Waals surface area contributed by atoms with Crippen LogP contribution in [-0.2, 0) is 131 Å². The van der Waals surface area contributed by atoms with Gasteiger partial charge in [-0.15, -0.1) is 0 Å². The highest BCUT2D eigenvalue weighted by Crippen LogP contribution is 2.28. The minimum Gasteiger partial charge on any atom is -0.458 e. The summed E-state index contributed by atoms with van der Waals surface area (Å²) in [6.45, 7) is 22.1. The molecule has 22 N–H and O–H groups in total. The molecule has 4 unspecified atom stereocenters. The maximum absolute atomic E-state index is 15.6. The Labute approximate surface area is 836 Å². The Morgan fingerprint density at radius 2 is 1.02 bits per heavy atom. The van der Waals surface area contributed by atoms with Crippen molar-refractivity contribution in [2.24, 2.45) is 64.2 Å². The van der Waals surface area contributed by atoms with Gasteiger partial charge in [0.2, 0.25) is 136 Å². The zero-order valence-electron chi connectivity index (χ0n) is 86.4. The predicted molar refractivity (Wildman–Crippen MR) is 516 cm³/mol. The number of nitrogens with two attached hydrogens (primary N) is 5. The van der Waals surface area contributed by atoms with Gasteiger partial charge in [-0.25, -0.2) is 9.59 Å². The summed E-state index contributed by atoms with van der Waals surface area (Å²) in [5.41, 5.74) is 28.0. The molecule has 1 aromatic rings. The van der Waals surface area contributed by atoms with Crippen LogP contribution >= 0.6 is 0 Å². The van der Waals surface area contributed by atoms with E-state index in [1.807, 2.05) is 0 Å². The zero-order valence-corrected chi connectivity index (χ0v) is 86.4. The van der Waals surface area contributed by atoms with Gasteiger partial charge in [-0.2, -0.15) is 0 Å². The van der Waals surface area contributed by atoms with Gasteiger partial charge in [0.25, 0.3) is 0 Å². The zero-order chi connectivity index (χ0) is 110. The molecule has 0 bridgehead atoms. The van der Waals surface area contributed by atoms with Crippen molar-refractivity contribution in [3.63, 3.8) is 0 Å². The van der Waals surface area contributed by atoms with Crippen LogP contribution in [0.1, 0.15) is 181 Å². The molecule has 2 aliphatic rings. The first-order valence-electron chi connectivity index (χ1n) is 47.3. The third-order valence-corrected chi connectivity index (χ3v) is 25.0. The number of nitrogens with one attached hydrogen (secondary N) is 12. The highest BCUT2D eigenvalue weighted by Gasteiger charge is 2.49. The lowest BCUT2D eigenvalue weighted by Crippen LogP contribution is -2.63. The average Bonchev–Trinajstić information content (AvgIpc) is 0.876. The van der Waals surface area contributed by atoms with E-state index in [-0.39, 0.29) is 43.4 Å². The summed E-state index contributed by atoms with van der Waals surface area (Å²) in [5, 5.41) is 28.1. The Hall–Kier alpha value is -14.3. The molecule has 0 aliphatic carbocycles. The van der Waals surface area contributed by atoms with Crippen LogP contribution in [0.3, 0.4) is 0 Å². The molecule has 51 heteroatoms. The van der Waals surface area contributed by atoms with Gasteiger partial charge in [-0.3, -0.25) is 116 Å². The van der Waals surface area contributed by atoms with Gasteiger partial charge in [0.1, 0.15) is 103 Å². The number of likely N-dealkylation sites (N-methyl/N-ethyl adjacent to an activating group) is 7. The van der Waals surface area contributed by atoms with E-state index in [2.05, 4.69) is 58.5 Å². The molecular weight excluding hydrogens is 1890 g/mol. The first kappa shape index (κ1) is 124. The quantitative estimate of drug-likeness (QED) is 0.0273. The van der Waals surface area contributed by atoms with E-state index in [1.165, 1.54) is 49.3 Å². The first-order chi connectivity index (χ1) is 66.9. The number of rotatable bonds is 39. The number of methoxy groups -OCH3 is 1. The van der Waals surface area contributed by atoms with Crippen molar-refractivity contribution >= 4 is 148 Å². The third kappa shape index (κ3) is 36.0. The number of imide groups is 1. The molecule has 0 spiro atoms. The van der Waals surface area contributed by atoms with Crippen LogP contribution < -0.4 is 92.5 Å². The maximum Gasteiger partial charge on any atom is 0.329 e. The monoisotopic (exact) mass is 2030 g/mol. The number of urea groups is 1. The van der Waals surface area contributed by atoms with E-state index >= 15 is 38.4 Å². The van der Waals surface area contributed by atoms with Crippen LogP contribution in [0.15, 0.2) is 41.6 Å². The Bertz CT molecular complexity index is 4920. The third-order valence-electron chi connectivity index (χ3n) is 25.0. The van der Waals surface area contributed by atoms with Crippen molar-refractivity contribution in [2.45, 2.75) is 284 Å². The average molecular weight is 2030 g/mol. The molecule has 802 valence electrons. The van der Waals surface area contributed by atoms with E-state index in [9.17, 15) is 81.5 Å². The lowest BCUT2D eigenvalue weighted by atomic mass is 9.92. The molecule has 25 amide bonds. The van der Waals surface area contributed by atoms with Crippen molar-refractivity contribution in [1.29, 1.82) is 0 Å². The van der Waals surface area contributed by atoms with Gasteiger partial charge in [-0.1, -0.05) is 133 Å². The number of benzene rings is 1. The summed E-state index contributed by atoms with van der Waals surface area (Å²) >= 11 is 0. The molecule has 3 rings (SSSR count). The van der Waals surface area contributed by atoms with Crippen molar-refractivity contribution < 1.29 is 129 Å². The molecular formula is C93H148N24O27. The molecule has 20 atom stereocenters. The number of hydrogen-bond acceptors (Lipinski definition) is 27. The molecule has 0 aromatic heterocycles. The molecule has 1 saturated heterocycles. The number of hydrogen-bond donors (Lipinski definition) is 17. The number of carbonyl (C=O) groups is 25. The lowest BCUT2D eigenvalue weighted by molar-refractivity contribution is -0.163. The summed E-state index contributed by atoms with van der Waals surface area (Å²) in [6, 6.07) is -20.5. The van der Waals surface area contributed by atoms with Crippen molar-refractivity contribution in [3.8, 4) is 0 Å². The molecule has 144 heavy (non-hydrogen) atoms. The highest BCUT2D eigenvalue weighted by molar-refractivity contribution is 6.06. The van der Waals surface area contributed by atoms with E-state index < -0.39 is 338 Å². The maximum atomic E-state index is 15.6. The fourth-order valence-electron chi connectivity index (χ4n) is 16.5. The number of ether oxygens (including phenoxy) is 2. The van der Waals surface area contributed by atoms with Gasteiger partial charge in [-0.05, 0) is 75.2 Å². The van der Waals surface area contributed by atoms with Gasteiger partial charge in [0.05, 0.1) is 51.1 Å². The Morgan fingerprint density at radius 3 is 1.53 bits per heavy atom. The summed E-state index contributed by atoms with van der Waals surface area (Å²) in [4.78, 5) is 362. The van der Waals surface area contributed by atoms with Crippen LogP contribution in [0.5, 0.6) is 0 Å². The first-order valence-corrected chi connectivity index (χ1v) is 47.3. The van der Waals surface area contributed by atoms with Gasteiger partial charge in [0.15, 0.2) is 0 Å². The lowest BCUT2D eigenvalue weighted by Gasteiger charge is -2.42. The van der Waals surface area contributed by atoms with Crippen LogP contribution in [0, 0.1) is 35.5 Å². The van der Waals surface area contributed by atoms with E-state index in [1.54, 1.807) is 112 Å². The van der Waals surface area contributed by atoms with E-state index in [0.29, 0.717) is 10.5 Å².